The first-order chi connectivity index (χ1) is 11.0. The number of hydrogen-bond acceptors (Lipinski definition) is 5. The molecule has 5 nitrogen and oxygen atoms in total. The van der Waals surface area contributed by atoms with Gasteiger partial charge in [0.15, 0.2) is 5.13 Å². The van der Waals surface area contributed by atoms with Crippen molar-refractivity contribution in [2.75, 3.05) is 23.0 Å². The standard InChI is InChI=1S/C16H17N3O2S2/c1-9-15(22-3)23-16(17-9)18-14(21)12-4-5-13-11(8-12)6-7-19(13)10(2)20/h4-5,8H,6-7H2,1-3H3,(H,17,18,21). The molecule has 2 amide bonds. The Hall–Kier alpha value is -1.86. The monoisotopic (exact) mass is 347 g/mol. The summed E-state index contributed by atoms with van der Waals surface area (Å²) in [6.45, 7) is 4.17. The maximum atomic E-state index is 12.4. The second-order valence-electron chi connectivity index (χ2n) is 5.31. The van der Waals surface area contributed by atoms with E-state index in [1.807, 2.05) is 25.3 Å². The van der Waals surface area contributed by atoms with Gasteiger partial charge in [-0.2, -0.15) is 0 Å². The van der Waals surface area contributed by atoms with Crippen LogP contribution in [0.1, 0.15) is 28.5 Å². The van der Waals surface area contributed by atoms with Crippen LogP contribution in [-0.4, -0.2) is 29.6 Å². The summed E-state index contributed by atoms with van der Waals surface area (Å²) in [5.41, 5.74) is 3.47. The molecule has 0 atom stereocenters. The van der Waals surface area contributed by atoms with E-state index in [2.05, 4.69) is 10.3 Å². The summed E-state index contributed by atoms with van der Waals surface area (Å²) in [5.74, 6) is -0.140. The zero-order chi connectivity index (χ0) is 16.6. The van der Waals surface area contributed by atoms with Gasteiger partial charge < -0.3 is 4.90 Å². The van der Waals surface area contributed by atoms with E-state index in [9.17, 15) is 9.59 Å². The number of rotatable bonds is 3. The molecular formula is C16H17N3O2S2. The Morgan fingerprint density at radius 3 is 2.83 bits per heavy atom. The second-order valence-corrected chi connectivity index (χ2v) is 7.39. The van der Waals surface area contributed by atoms with Gasteiger partial charge in [0.1, 0.15) is 0 Å². The fraction of sp³-hybridized carbons (Fsp3) is 0.312. The Balaban J connectivity index is 1.79. The van der Waals surface area contributed by atoms with E-state index in [0.717, 1.165) is 27.6 Å². The highest BCUT2D eigenvalue weighted by Gasteiger charge is 2.23. The lowest BCUT2D eigenvalue weighted by molar-refractivity contribution is -0.116. The van der Waals surface area contributed by atoms with Crippen molar-refractivity contribution in [3.8, 4) is 0 Å². The van der Waals surface area contributed by atoms with Crippen molar-refractivity contribution in [2.24, 2.45) is 0 Å². The number of carbonyl (C=O) groups is 2. The lowest BCUT2D eigenvalue weighted by Crippen LogP contribution is -2.25. The molecule has 0 bridgehead atoms. The van der Waals surface area contributed by atoms with Gasteiger partial charge >= 0.3 is 0 Å². The van der Waals surface area contributed by atoms with E-state index in [-0.39, 0.29) is 11.8 Å². The average molecular weight is 347 g/mol. The van der Waals surface area contributed by atoms with Crippen LogP contribution in [0.3, 0.4) is 0 Å². The molecule has 0 radical (unpaired) electrons. The molecule has 0 fully saturated rings. The fourth-order valence-electron chi connectivity index (χ4n) is 2.66. The predicted molar refractivity (Wildman–Crippen MR) is 94.8 cm³/mol. The zero-order valence-electron chi connectivity index (χ0n) is 13.2. The van der Waals surface area contributed by atoms with Crippen LogP contribution >= 0.6 is 23.1 Å². The number of benzene rings is 1. The molecule has 23 heavy (non-hydrogen) atoms. The molecule has 7 heteroatoms. The maximum absolute atomic E-state index is 12.4. The number of aryl methyl sites for hydroxylation is 1. The van der Waals surface area contributed by atoms with Gasteiger partial charge in [-0.15, -0.1) is 11.8 Å². The van der Waals surface area contributed by atoms with Crippen LogP contribution in [0.4, 0.5) is 10.8 Å². The number of thioether (sulfide) groups is 1. The lowest BCUT2D eigenvalue weighted by atomic mass is 10.1. The van der Waals surface area contributed by atoms with Gasteiger partial charge in [0, 0.05) is 24.7 Å². The molecule has 2 heterocycles. The molecule has 1 aliphatic heterocycles. The van der Waals surface area contributed by atoms with E-state index < -0.39 is 0 Å². The highest BCUT2D eigenvalue weighted by molar-refractivity contribution is 8.00. The van der Waals surface area contributed by atoms with E-state index in [4.69, 9.17) is 0 Å². The number of hydrogen-bond donors (Lipinski definition) is 1. The summed E-state index contributed by atoms with van der Waals surface area (Å²) in [7, 11) is 0. The molecule has 0 saturated heterocycles. The van der Waals surface area contributed by atoms with Crippen molar-refractivity contribution in [3.05, 3.63) is 35.0 Å². The number of nitrogens with one attached hydrogen (secondary N) is 1. The van der Waals surface area contributed by atoms with Gasteiger partial charge in [0.05, 0.1) is 9.90 Å². The first-order valence-corrected chi connectivity index (χ1v) is 9.27. The van der Waals surface area contributed by atoms with Crippen LogP contribution < -0.4 is 10.2 Å². The molecular weight excluding hydrogens is 330 g/mol. The highest BCUT2D eigenvalue weighted by atomic mass is 32.2. The van der Waals surface area contributed by atoms with Crippen molar-refractivity contribution in [2.45, 2.75) is 24.5 Å². The zero-order valence-corrected chi connectivity index (χ0v) is 14.8. The van der Waals surface area contributed by atoms with Gasteiger partial charge in [-0.25, -0.2) is 4.98 Å². The molecule has 1 aromatic heterocycles. The molecule has 3 rings (SSSR count). The van der Waals surface area contributed by atoms with Crippen LogP contribution in [0.25, 0.3) is 0 Å². The molecule has 0 unspecified atom stereocenters. The van der Waals surface area contributed by atoms with Crippen LogP contribution in [0.15, 0.2) is 22.4 Å². The third kappa shape index (κ3) is 3.11. The topological polar surface area (TPSA) is 62.3 Å². The fourth-order valence-corrected chi connectivity index (χ4v) is 4.27. The molecule has 120 valence electrons. The van der Waals surface area contributed by atoms with Crippen molar-refractivity contribution in [3.63, 3.8) is 0 Å². The van der Waals surface area contributed by atoms with E-state index in [1.165, 1.54) is 11.3 Å². The highest BCUT2D eigenvalue weighted by Crippen LogP contribution is 2.31. The molecule has 2 aromatic rings. The maximum Gasteiger partial charge on any atom is 0.257 e. The van der Waals surface area contributed by atoms with Gasteiger partial charge in [-0.1, -0.05) is 11.3 Å². The largest absolute Gasteiger partial charge is 0.312 e. The minimum Gasteiger partial charge on any atom is -0.312 e. The van der Waals surface area contributed by atoms with Gasteiger partial charge in [-0.05, 0) is 43.4 Å². The summed E-state index contributed by atoms with van der Waals surface area (Å²) < 4.78 is 1.10. The number of thiazole rings is 1. The number of fused-ring (bicyclic) bond motifs is 1. The number of amides is 2. The van der Waals surface area contributed by atoms with E-state index >= 15 is 0 Å². The minimum atomic E-state index is -0.171. The number of aromatic nitrogens is 1. The SMILES string of the molecule is CSc1sc(NC(=O)c2ccc3c(c2)CCN3C(C)=O)nc1C. The summed E-state index contributed by atoms with van der Waals surface area (Å²) in [5, 5.41) is 3.47. The van der Waals surface area contributed by atoms with Gasteiger partial charge in [-0.3, -0.25) is 14.9 Å². The minimum absolute atomic E-state index is 0.0313. The smallest absolute Gasteiger partial charge is 0.257 e. The van der Waals surface area contributed by atoms with Crippen molar-refractivity contribution >= 4 is 45.7 Å². The number of anilines is 2. The summed E-state index contributed by atoms with van der Waals surface area (Å²) in [6.07, 6.45) is 2.77. The van der Waals surface area contributed by atoms with Crippen LogP contribution in [-0.2, 0) is 11.2 Å². The quantitative estimate of drug-likeness (QED) is 0.865. The second kappa shape index (κ2) is 6.33. The Morgan fingerprint density at radius 1 is 1.39 bits per heavy atom. The number of carbonyl (C=O) groups excluding carboxylic acids is 2. The molecule has 0 aliphatic carbocycles. The Labute approximate surface area is 143 Å². The molecule has 1 aliphatic rings. The van der Waals surface area contributed by atoms with Crippen molar-refractivity contribution < 1.29 is 9.59 Å². The van der Waals surface area contributed by atoms with E-state index in [1.54, 1.807) is 29.7 Å². The van der Waals surface area contributed by atoms with Crippen molar-refractivity contribution in [1.82, 2.24) is 4.98 Å². The normalized spacial score (nSPS) is 13.1. The number of nitrogens with zero attached hydrogens (tertiary/aromatic N) is 2. The Bertz CT molecular complexity index is 786. The van der Waals surface area contributed by atoms with Gasteiger partial charge in [0.25, 0.3) is 5.91 Å². The molecule has 1 N–H and O–H groups in total. The van der Waals surface area contributed by atoms with Crippen molar-refractivity contribution in [1.29, 1.82) is 0 Å². The predicted octanol–water partition coefficient (Wildman–Crippen LogP) is 3.33. The van der Waals surface area contributed by atoms with E-state index in [0.29, 0.717) is 17.2 Å². The molecule has 0 saturated carbocycles. The lowest BCUT2D eigenvalue weighted by Gasteiger charge is -2.14. The third-order valence-corrected chi connectivity index (χ3v) is 6.06. The molecule has 1 aromatic carbocycles. The average Bonchev–Trinajstić information content (AvgIpc) is 3.09. The summed E-state index contributed by atoms with van der Waals surface area (Å²) >= 11 is 3.10. The third-order valence-electron chi connectivity index (χ3n) is 3.78. The Morgan fingerprint density at radius 2 is 2.17 bits per heavy atom. The van der Waals surface area contributed by atoms with Crippen LogP contribution in [0.5, 0.6) is 0 Å². The summed E-state index contributed by atoms with van der Waals surface area (Å²) in [4.78, 5) is 30.1. The van der Waals surface area contributed by atoms with Crippen LogP contribution in [0, 0.1) is 6.92 Å². The summed E-state index contributed by atoms with van der Waals surface area (Å²) in [6, 6.07) is 5.47. The first-order valence-electron chi connectivity index (χ1n) is 7.23. The van der Waals surface area contributed by atoms with Gasteiger partial charge in [0.2, 0.25) is 5.91 Å². The Kier molecular flexibility index (Phi) is 4.41. The molecule has 0 spiro atoms. The first kappa shape index (κ1) is 16.0. The van der Waals surface area contributed by atoms with Crippen LogP contribution in [0.2, 0.25) is 0 Å².